The molecular weight excluding hydrogens is 457 g/mol. The van der Waals surface area contributed by atoms with E-state index in [0.717, 1.165) is 15.6 Å². The van der Waals surface area contributed by atoms with E-state index < -0.39 is 5.82 Å². The lowest BCUT2D eigenvalue weighted by atomic mass is 10.0. The number of benzene rings is 3. The Morgan fingerprint density at radius 2 is 1.90 bits per heavy atom. The standard InChI is InChI=1S/C26H21BrFNO2/c1-3-6-20-13-19(14-21(16-29)23-7-4-5-8-24(23)28)15-25(30-2)26(20)31-17-18-9-11-22(27)12-10-18/h3-5,7-15H,1,6,17H2,2H3. The van der Waals surface area contributed by atoms with Gasteiger partial charge in [0.2, 0.25) is 0 Å². The first kappa shape index (κ1) is 22.3. The van der Waals surface area contributed by atoms with Crippen molar-refractivity contribution in [3.63, 3.8) is 0 Å². The first-order valence-electron chi connectivity index (χ1n) is 9.61. The molecule has 0 spiro atoms. The van der Waals surface area contributed by atoms with Gasteiger partial charge in [-0.1, -0.05) is 52.3 Å². The molecule has 3 rings (SSSR count). The number of hydrogen-bond donors (Lipinski definition) is 0. The summed E-state index contributed by atoms with van der Waals surface area (Å²) in [6.45, 7) is 4.20. The minimum absolute atomic E-state index is 0.230. The highest BCUT2D eigenvalue weighted by molar-refractivity contribution is 9.10. The molecule has 0 aliphatic heterocycles. The first-order chi connectivity index (χ1) is 15.0. The molecular formula is C26H21BrFNO2. The molecule has 0 amide bonds. The molecule has 3 aromatic carbocycles. The van der Waals surface area contributed by atoms with E-state index in [1.807, 2.05) is 30.3 Å². The van der Waals surface area contributed by atoms with E-state index in [0.29, 0.717) is 30.1 Å². The van der Waals surface area contributed by atoms with Crippen molar-refractivity contribution in [2.45, 2.75) is 13.0 Å². The molecule has 3 aromatic rings. The molecule has 0 fully saturated rings. The summed E-state index contributed by atoms with van der Waals surface area (Å²) in [4.78, 5) is 0. The number of rotatable bonds is 8. The Labute approximate surface area is 190 Å². The van der Waals surface area contributed by atoms with Crippen LogP contribution in [-0.4, -0.2) is 7.11 Å². The van der Waals surface area contributed by atoms with Crippen LogP contribution in [0.25, 0.3) is 11.6 Å². The summed E-state index contributed by atoms with van der Waals surface area (Å²) in [5, 5.41) is 9.59. The quantitative estimate of drug-likeness (QED) is 0.200. The number of ether oxygens (including phenoxy) is 2. The monoisotopic (exact) mass is 477 g/mol. The van der Waals surface area contributed by atoms with Gasteiger partial charge in [-0.05, 0) is 54.0 Å². The van der Waals surface area contributed by atoms with Crippen LogP contribution in [0.1, 0.15) is 22.3 Å². The topological polar surface area (TPSA) is 42.2 Å². The summed E-state index contributed by atoms with van der Waals surface area (Å²) in [5.41, 5.74) is 3.08. The molecule has 0 heterocycles. The molecule has 0 aromatic heterocycles. The number of methoxy groups -OCH3 is 1. The summed E-state index contributed by atoms with van der Waals surface area (Å²) in [6, 6.07) is 19.9. The second-order valence-corrected chi connectivity index (χ2v) is 7.68. The van der Waals surface area contributed by atoms with Crippen LogP contribution in [-0.2, 0) is 13.0 Å². The lowest BCUT2D eigenvalue weighted by Gasteiger charge is -2.16. The van der Waals surface area contributed by atoms with Gasteiger partial charge in [0.05, 0.1) is 18.8 Å². The summed E-state index contributed by atoms with van der Waals surface area (Å²) >= 11 is 3.43. The van der Waals surface area contributed by atoms with Gasteiger partial charge in [-0.3, -0.25) is 0 Å². The molecule has 0 aliphatic carbocycles. The first-order valence-corrected chi connectivity index (χ1v) is 10.4. The summed E-state index contributed by atoms with van der Waals surface area (Å²) in [6.07, 6.45) is 3.97. The van der Waals surface area contributed by atoms with E-state index in [-0.39, 0.29) is 11.1 Å². The van der Waals surface area contributed by atoms with Gasteiger partial charge in [0.25, 0.3) is 0 Å². The fourth-order valence-corrected chi connectivity index (χ4v) is 3.41. The van der Waals surface area contributed by atoms with E-state index in [1.165, 1.54) is 6.07 Å². The molecule has 0 radical (unpaired) electrons. The highest BCUT2D eigenvalue weighted by atomic mass is 79.9. The molecule has 0 saturated carbocycles. The largest absolute Gasteiger partial charge is 0.493 e. The van der Waals surface area contributed by atoms with Crippen molar-refractivity contribution in [3.05, 3.63) is 106 Å². The zero-order chi connectivity index (χ0) is 22.2. The van der Waals surface area contributed by atoms with Crippen LogP contribution >= 0.6 is 15.9 Å². The fourth-order valence-electron chi connectivity index (χ4n) is 3.14. The van der Waals surface area contributed by atoms with Crippen LogP contribution in [0.15, 0.2) is 77.8 Å². The maximum Gasteiger partial charge on any atom is 0.165 e. The van der Waals surface area contributed by atoms with E-state index in [2.05, 4.69) is 28.6 Å². The lowest BCUT2D eigenvalue weighted by molar-refractivity contribution is 0.282. The average Bonchev–Trinajstić information content (AvgIpc) is 2.78. The SMILES string of the molecule is C=CCc1cc(C=C(C#N)c2ccccc2F)cc(OC)c1OCc1ccc(Br)cc1. The Bertz CT molecular complexity index is 1150. The highest BCUT2D eigenvalue weighted by Gasteiger charge is 2.14. The third kappa shape index (κ3) is 5.62. The van der Waals surface area contributed by atoms with Crippen LogP contribution in [0.4, 0.5) is 4.39 Å². The normalized spacial score (nSPS) is 11.0. The van der Waals surface area contributed by atoms with Crippen molar-refractivity contribution >= 4 is 27.6 Å². The van der Waals surface area contributed by atoms with Gasteiger partial charge in [-0.15, -0.1) is 6.58 Å². The zero-order valence-corrected chi connectivity index (χ0v) is 18.7. The van der Waals surface area contributed by atoms with Crippen molar-refractivity contribution in [2.75, 3.05) is 7.11 Å². The molecule has 5 heteroatoms. The van der Waals surface area contributed by atoms with Gasteiger partial charge in [0.15, 0.2) is 11.5 Å². The Kier molecular flexibility index (Phi) is 7.64. The number of hydrogen-bond acceptors (Lipinski definition) is 3. The van der Waals surface area contributed by atoms with E-state index in [9.17, 15) is 9.65 Å². The predicted molar refractivity (Wildman–Crippen MR) is 125 cm³/mol. The van der Waals surface area contributed by atoms with Crippen LogP contribution < -0.4 is 9.47 Å². The number of nitriles is 1. The van der Waals surface area contributed by atoms with Crippen molar-refractivity contribution < 1.29 is 13.9 Å². The predicted octanol–water partition coefficient (Wildman–Crippen LogP) is 6.97. The fraction of sp³-hybridized carbons (Fsp3) is 0.115. The van der Waals surface area contributed by atoms with Gasteiger partial charge in [-0.2, -0.15) is 5.26 Å². The molecule has 0 N–H and O–H groups in total. The summed E-state index contributed by atoms with van der Waals surface area (Å²) in [7, 11) is 1.56. The molecule has 0 aliphatic rings. The molecule has 0 atom stereocenters. The van der Waals surface area contributed by atoms with Crippen molar-refractivity contribution in [1.29, 1.82) is 5.26 Å². The smallest absolute Gasteiger partial charge is 0.165 e. The summed E-state index contributed by atoms with van der Waals surface area (Å²) in [5.74, 6) is 0.712. The van der Waals surface area contributed by atoms with Gasteiger partial charge < -0.3 is 9.47 Å². The molecule has 0 saturated heterocycles. The van der Waals surface area contributed by atoms with Crippen LogP contribution in [0.2, 0.25) is 0 Å². The van der Waals surface area contributed by atoms with Crippen molar-refractivity contribution in [3.8, 4) is 17.6 Å². The number of allylic oxidation sites excluding steroid dienone is 2. The Balaban J connectivity index is 1.99. The van der Waals surface area contributed by atoms with Gasteiger partial charge in [-0.25, -0.2) is 4.39 Å². The van der Waals surface area contributed by atoms with Gasteiger partial charge >= 0.3 is 0 Å². The average molecular weight is 478 g/mol. The van der Waals surface area contributed by atoms with Crippen molar-refractivity contribution in [2.24, 2.45) is 0 Å². The minimum Gasteiger partial charge on any atom is -0.493 e. The van der Waals surface area contributed by atoms with Gasteiger partial charge in [0, 0.05) is 15.6 Å². The van der Waals surface area contributed by atoms with Crippen LogP contribution in [0, 0.1) is 17.1 Å². The molecule has 0 unspecified atom stereocenters. The minimum atomic E-state index is -0.442. The maximum atomic E-state index is 14.2. The van der Waals surface area contributed by atoms with Gasteiger partial charge in [0.1, 0.15) is 12.4 Å². The highest BCUT2D eigenvalue weighted by Crippen LogP contribution is 2.35. The van der Waals surface area contributed by atoms with E-state index in [1.54, 1.807) is 43.5 Å². The molecule has 156 valence electrons. The third-order valence-corrected chi connectivity index (χ3v) is 5.16. The Morgan fingerprint density at radius 1 is 1.16 bits per heavy atom. The zero-order valence-electron chi connectivity index (χ0n) is 17.1. The molecule has 3 nitrogen and oxygen atoms in total. The Morgan fingerprint density at radius 3 is 2.55 bits per heavy atom. The summed E-state index contributed by atoms with van der Waals surface area (Å²) < 4.78 is 26.8. The Hall–Kier alpha value is -3.36. The second kappa shape index (κ2) is 10.6. The molecule has 31 heavy (non-hydrogen) atoms. The van der Waals surface area contributed by atoms with Crippen LogP contribution in [0.5, 0.6) is 11.5 Å². The van der Waals surface area contributed by atoms with Crippen molar-refractivity contribution in [1.82, 2.24) is 0 Å². The van der Waals surface area contributed by atoms with E-state index in [4.69, 9.17) is 9.47 Å². The number of halogens is 2. The second-order valence-electron chi connectivity index (χ2n) is 6.77. The molecule has 0 bridgehead atoms. The van der Waals surface area contributed by atoms with Crippen LogP contribution in [0.3, 0.4) is 0 Å². The third-order valence-electron chi connectivity index (χ3n) is 4.63. The maximum absolute atomic E-state index is 14.2. The number of nitrogens with zero attached hydrogens (tertiary/aromatic N) is 1. The lowest BCUT2D eigenvalue weighted by Crippen LogP contribution is -2.02. The van der Waals surface area contributed by atoms with E-state index >= 15 is 0 Å².